The van der Waals surface area contributed by atoms with Crippen LogP contribution >= 0.6 is 0 Å². The molecule has 0 amide bonds. The first-order valence-electron chi connectivity index (χ1n) is 6.51. The highest BCUT2D eigenvalue weighted by Gasteiger charge is 2.35. The van der Waals surface area contributed by atoms with E-state index in [0.717, 1.165) is 18.6 Å². The number of aliphatic hydroxyl groups is 1. The first-order valence-corrected chi connectivity index (χ1v) is 6.51. The number of rotatable bonds is 4. The van der Waals surface area contributed by atoms with Gasteiger partial charge in [0.2, 0.25) is 0 Å². The summed E-state index contributed by atoms with van der Waals surface area (Å²) in [4.78, 5) is 16.6. The molecule has 0 heterocycles. The fraction of sp³-hybridized carbons (Fsp3) is 0.600. The van der Waals surface area contributed by atoms with Crippen LogP contribution in [0, 0.1) is 5.41 Å². The molecule has 0 atom stereocenters. The molecule has 1 rings (SSSR count). The summed E-state index contributed by atoms with van der Waals surface area (Å²) in [5.41, 5.74) is 1.12. The number of Topliss-reactive ketones (excluding diaryl/α,β-unsaturated/α-hetero) is 1. The van der Waals surface area contributed by atoms with Gasteiger partial charge in [-0.15, -0.1) is 6.58 Å². The van der Waals surface area contributed by atoms with Gasteiger partial charge < -0.3 is 5.11 Å². The van der Waals surface area contributed by atoms with Crippen LogP contribution in [0.2, 0.25) is 0 Å². The lowest BCUT2D eigenvalue weighted by atomic mass is 9.73. The summed E-state index contributed by atoms with van der Waals surface area (Å²) < 4.78 is 0. The second-order valence-electron chi connectivity index (χ2n) is 5.59. The fourth-order valence-electron chi connectivity index (χ4n) is 2.29. The van der Waals surface area contributed by atoms with Crippen molar-refractivity contribution in [3.8, 4) is 0 Å². The van der Waals surface area contributed by atoms with Gasteiger partial charge in [0.1, 0.15) is 5.76 Å². The largest absolute Gasteiger partial charge is 0.511 e. The molecule has 3 heteroatoms. The number of ketones is 1. The topological polar surface area (TPSA) is 49.7 Å². The summed E-state index contributed by atoms with van der Waals surface area (Å²) in [6.45, 7) is 10.2. The number of nitrogens with zero attached hydrogens (tertiary/aromatic N) is 1. The van der Waals surface area contributed by atoms with Crippen LogP contribution in [0.3, 0.4) is 0 Å². The second-order valence-corrected chi connectivity index (χ2v) is 5.59. The minimum atomic E-state index is -0.0763. The van der Waals surface area contributed by atoms with E-state index in [9.17, 15) is 9.90 Å². The molecular weight excluding hydrogens is 226 g/mol. The average Bonchev–Trinajstić information content (AvgIpc) is 2.24. The summed E-state index contributed by atoms with van der Waals surface area (Å²) in [6, 6.07) is 0. The summed E-state index contributed by atoms with van der Waals surface area (Å²) in [5.74, 6) is 0.209. The SMILES string of the molecule is C=CCN=C1CC(C)(C)CC(=O)C1=C(O)CCC. The van der Waals surface area contributed by atoms with Gasteiger partial charge in [-0.25, -0.2) is 0 Å². The Morgan fingerprint density at radius 2 is 2.17 bits per heavy atom. The number of aliphatic imine (C=N–C) groups is 1. The third-order valence-electron chi connectivity index (χ3n) is 3.04. The maximum atomic E-state index is 12.2. The van der Waals surface area contributed by atoms with Gasteiger partial charge >= 0.3 is 0 Å². The second kappa shape index (κ2) is 5.98. The quantitative estimate of drug-likeness (QED) is 0.470. The van der Waals surface area contributed by atoms with Crippen molar-refractivity contribution in [3.05, 3.63) is 24.0 Å². The Balaban J connectivity index is 3.15. The summed E-state index contributed by atoms with van der Waals surface area (Å²) >= 11 is 0. The summed E-state index contributed by atoms with van der Waals surface area (Å²) in [6.07, 6.45) is 4.27. The molecule has 0 aromatic carbocycles. The van der Waals surface area contributed by atoms with Gasteiger partial charge in [0.15, 0.2) is 5.78 Å². The predicted octanol–water partition coefficient (Wildman–Crippen LogP) is 3.61. The van der Waals surface area contributed by atoms with Gasteiger partial charge in [0.05, 0.1) is 12.1 Å². The highest BCUT2D eigenvalue weighted by molar-refractivity contribution is 6.24. The lowest BCUT2D eigenvalue weighted by molar-refractivity contribution is -0.117. The molecule has 0 unspecified atom stereocenters. The van der Waals surface area contributed by atoms with Crippen LogP contribution in [-0.2, 0) is 4.79 Å². The minimum absolute atomic E-state index is 0.0139. The third kappa shape index (κ3) is 3.56. The molecule has 0 bridgehead atoms. The van der Waals surface area contributed by atoms with Crippen molar-refractivity contribution in [1.82, 2.24) is 0 Å². The van der Waals surface area contributed by atoms with Gasteiger partial charge in [-0.2, -0.15) is 0 Å². The number of aliphatic hydroxyl groups excluding tert-OH is 1. The van der Waals surface area contributed by atoms with Crippen LogP contribution in [0.25, 0.3) is 0 Å². The van der Waals surface area contributed by atoms with Gasteiger partial charge in [-0.05, 0) is 18.3 Å². The van der Waals surface area contributed by atoms with Crippen molar-refractivity contribution in [2.75, 3.05) is 6.54 Å². The zero-order valence-electron chi connectivity index (χ0n) is 11.6. The van der Waals surface area contributed by atoms with E-state index in [1.807, 2.05) is 6.92 Å². The Kier molecular flexibility index (Phi) is 4.88. The smallest absolute Gasteiger partial charge is 0.168 e. The minimum Gasteiger partial charge on any atom is -0.511 e. The third-order valence-corrected chi connectivity index (χ3v) is 3.04. The molecule has 3 nitrogen and oxygen atoms in total. The normalized spacial score (nSPS) is 24.2. The summed E-state index contributed by atoms with van der Waals surface area (Å²) in [5, 5.41) is 10.0. The predicted molar refractivity (Wildman–Crippen MR) is 75.1 cm³/mol. The standard InChI is InChI=1S/C15H23NO2/c1-5-7-12(17)14-11(16-8-6-2)9-15(3,4)10-13(14)18/h6,17H,2,5,7-10H2,1,3-4H3. The Morgan fingerprint density at radius 1 is 1.50 bits per heavy atom. The number of allylic oxidation sites excluding steroid dienone is 2. The van der Waals surface area contributed by atoms with Crippen LogP contribution in [0.4, 0.5) is 0 Å². The van der Waals surface area contributed by atoms with E-state index >= 15 is 0 Å². The Bertz CT molecular complexity index is 403. The highest BCUT2D eigenvalue weighted by Crippen LogP contribution is 2.35. The van der Waals surface area contributed by atoms with Crippen molar-refractivity contribution < 1.29 is 9.90 Å². The first-order chi connectivity index (χ1) is 8.41. The molecule has 0 aliphatic heterocycles. The van der Waals surface area contributed by atoms with Crippen LogP contribution in [-0.4, -0.2) is 23.1 Å². The van der Waals surface area contributed by atoms with E-state index in [4.69, 9.17) is 0 Å². The number of hydrogen-bond donors (Lipinski definition) is 1. The molecule has 1 saturated carbocycles. The zero-order valence-corrected chi connectivity index (χ0v) is 11.6. The van der Waals surface area contributed by atoms with Gasteiger partial charge in [-0.1, -0.05) is 26.8 Å². The maximum absolute atomic E-state index is 12.2. The molecule has 1 aliphatic carbocycles. The first kappa shape index (κ1) is 14.7. The molecule has 0 radical (unpaired) electrons. The lowest BCUT2D eigenvalue weighted by Gasteiger charge is -2.31. The van der Waals surface area contributed by atoms with E-state index in [2.05, 4.69) is 25.4 Å². The average molecular weight is 249 g/mol. The Morgan fingerprint density at radius 3 is 2.72 bits per heavy atom. The van der Waals surface area contributed by atoms with Gasteiger partial charge in [0, 0.05) is 18.6 Å². The number of carbonyl (C=O) groups excluding carboxylic acids is 1. The molecular formula is C15H23NO2. The highest BCUT2D eigenvalue weighted by atomic mass is 16.3. The number of carbonyl (C=O) groups is 1. The fourth-order valence-corrected chi connectivity index (χ4v) is 2.29. The molecule has 0 spiro atoms. The zero-order chi connectivity index (χ0) is 13.8. The van der Waals surface area contributed by atoms with Crippen molar-refractivity contribution >= 4 is 11.5 Å². The van der Waals surface area contributed by atoms with Crippen molar-refractivity contribution in [2.45, 2.75) is 46.5 Å². The van der Waals surface area contributed by atoms with E-state index in [1.165, 1.54) is 0 Å². The molecule has 0 saturated heterocycles. The van der Waals surface area contributed by atoms with E-state index in [1.54, 1.807) is 6.08 Å². The summed E-state index contributed by atoms with van der Waals surface area (Å²) in [7, 11) is 0. The molecule has 0 aromatic rings. The monoisotopic (exact) mass is 249 g/mol. The van der Waals surface area contributed by atoms with E-state index in [0.29, 0.717) is 25.0 Å². The molecule has 18 heavy (non-hydrogen) atoms. The number of hydrogen-bond acceptors (Lipinski definition) is 3. The maximum Gasteiger partial charge on any atom is 0.168 e. The van der Waals surface area contributed by atoms with Crippen LogP contribution in [0.15, 0.2) is 29.0 Å². The van der Waals surface area contributed by atoms with Gasteiger partial charge in [-0.3, -0.25) is 9.79 Å². The Labute approximate surface area is 109 Å². The molecule has 1 fully saturated rings. The molecule has 100 valence electrons. The molecule has 0 aromatic heterocycles. The lowest BCUT2D eigenvalue weighted by Crippen LogP contribution is -2.32. The molecule has 1 N–H and O–H groups in total. The van der Waals surface area contributed by atoms with Crippen molar-refractivity contribution in [2.24, 2.45) is 10.4 Å². The Hall–Kier alpha value is -1.38. The van der Waals surface area contributed by atoms with Crippen LogP contribution < -0.4 is 0 Å². The molecule has 1 aliphatic rings. The van der Waals surface area contributed by atoms with E-state index in [-0.39, 0.29) is 17.0 Å². The van der Waals surface area contributed by atoms with Crippen molar-refractivity contribution in [3.63, 3.8) is 0 Å². The van der Waals surface area contributed by atoms with E-state index < -0.39 is 0 Å². The van der Waals surface area contributed by atoms with Crippen LogP contribution in [0.5, 0.6) is 0 Å². The van der Waals surface area contributed by atoms with Crippen LogP contribution in [0.1, 0.15) is 46.5 Å². The van der Waals surface area contributed by atoms with Crippen molar-refractivity contribution in [1.29, 1.82) is 0 Å². The van der Waals surface area contributed by atoms with Gasteiger partial charge in [0.25, 0.3) is 0 Å².